The van der Waals surface area contributed by atoms with Crippen LogP contribution in [0.5, 0.6) is 11.5 Å². The first-order valence-electron chi connectivity index (χ1n) is 6.01. The third kappa shape index (κ3) is 2.47. The van der Waals surface area contributed by atoms with Crippen LogP contribution in [-0.4, -0.2) is 17.0 Å². The molecule has 0 aliphatic heterocycles. The van der Waals surface area contributed by atoms with Gasteiger partial charge >= 0.3 is 0 Å². The van der Waals surface area contributed by atoms with Crippen molar-refractivity contribution in [3.8, 4) is 11.5 Å². The van der Waals surface area contributed by atoms with E-state index in [4.69, 9.17) is 4.74 Å². The number of aromatic nitrogens is 2. The van der Waals surface area contributed by atoms with Gasteiger partial charge in [0.05, 0.1) is 11.0 Å². The van der Waals surface area contributed by atoms with E-state index < -0.39 is 0 Å². The number of ether oxygens (including phenoxy) is 1. The number of nitrogens with one attached hydrogen (secondary N) is 1. The molecule has 4 heteroatoms. The normalized spacial score (nSPS) is 10.4. The van der Waals surface area contributed by atoms with Gasteiger partial charge in [-0.05, 0) is 36.4 Å². The van der Waals surface area contributed by atoms with Crippen LogP contribution in [0.2, 0.25) is 0 Å². The quantitative estimate of drug-likeness (QED) is 0.774. The van der Waals surface area contributed by atoms with Crippen LogP contribution in [0, 0.1) is 0 Å². The Hall–Kier alpha value is -2.62. The molecule has 0 spiro atoms. The minimum Gasteiger partial charge on any atom is -0.457 e. The average Bonchev–Trinajstić information content (AvgIpc) is 2.48. The summed E-state index contributed by atoms with van der Waals surface area (Å²) < 4.78 is 5.79. The van der Waals surface area contributed by atoms with Crippen LogP contribution in [0.15, 0.2) is 54.9 Å². The fraction of sp³-hybridized carbons (Fsp3) is 0.0667. The van der Waals surface area contributed by atoms with Crippen molar-refractivity contribution in [3.63, 3.8) is 0 Å². The molecule has 0 unspecified atom stereocenters. The van der Waals surface area contributed by atoms with Gasteiger partial charge in [-0.25, -0.2) is 0 Å². The number of benzene rings is 2. The number of anilines is 1. The van der Waals surface area contributed by atoms with Crippen molar-refractivity contribution < 1.29 is 4.74 Å². The van der Waals surface area contributed by atoms with Crippen molar-refractivity contribution in [1.82, 2.24) is 9.97 Å². The van der Waals surface area contributed by atoms with Crippen LogP contribution in [0.4, 0.5) is 5.69 Å². The highest BCUT2D eigenvalue weighted by Gasteiger charge is 2.00. The van der Waals surface area contributed by atoms with Gasteiger partial charge in [-0.3, -0.25) is 9.97 Å². The maximum Gasteiger partial charge on any atom is 0.129 e. The Balaban J connectivity index is 1.87. The van der Waals surface area contributed by atoms with E-state index in [1.807, 2.05) is 49.5 Å². The van der Waals surface area contributed by atoms with E-state index in [1.54, 1.807) is 12.4 Å². The lowest BCUT2D eigenvalue weighted by Gasteiger charge is -2.07. The molecule has 19 heavy (non-hydrogen) atoms. The highest BCUT2D eigenvalue weighted by molar-refractivity contribution is 5.75. The zero-order valence-corrected chi connectivity index (χ0v) is 10.5. The highest BCUT2D eigenvalue weighted by Crippen LogP contribution is 2.24. The number of fused-ring (bicyclic) bond motifs is 1. The van der Waals surface area contributed by atoms with E-state index in [2.05, 4.69) is 15.3 Å². The Labute approximate surface area is 111 Å². The smallest absolute Gasteiger partial charge is 0.129 e. The van der Waals surface area contributed by atoms with Crippen molar-refractivity contribution in [2.24, 2.45) is 0 Å². The van der Waals surface area contributed by atoms with E-state index in [0.717, 1.165) is 28.2 Å². The number of nitrogens with zero attached hydrogens (tertiary/aromatic N) is 2. The van der Waals surface area contributed by atoms with Crippen LogP contribution in [0.1, 0.15) is 0 Å². The fourth-order valence-electron chi connectivity index (χ4n) is 1.83. The Morgan fingerprint density at radius 2 is 1.53 bits per heavy atom. The third-order valence-electron chi connectivity index (χ3n) is 2.82. The number of hydrogen-bond acceptors (Lipinski definition) is 4. The van der Waals surface area contributed by atoms with Crippen molar-refractivity contribution >= 4 is 16.7 Å². The van der Waals surface area contributed by atoms with Crippen molar-refractivity contribution in [2.75, 3.05) is 12.4 Å². The largest absolute Gasteiger partial charge is 0.457 e. The summed E-state index contributed by atoms with van der Waals surface area (Å²) in [6.07, 6.45) is 3.35. The van der Waals surface area contributed by atoms with Crippen molar-refractivity contribution in [1.29, 1.82) is 0 Å². The molecule has 4 nitrogen and oxygen atoms in total. The van der Waals surface area contributed by atoms with Gasteiger partial charge in [0.2, 0.25) is 0 Å². The lowest BCUT2D eigenvalue weighted by molar-refractivity contribution is 0.483. The highest BCUT2D eigenvalue weighted by atomic mass is 16.5. The molecule has 0 bridgehead atoms. The molecular weight excluding hydrogens is 238 g/mol. The molecule has 3 rings (SSSR count). The first-order valence-corrected chi connectivity index (χ1v) is 6.01. The summed E-state index contributed by atoms with van der Waals surface area (Å²) in [5.41, 5.74) is 2.74. The second-order valence-electron chi connectivity index (χ2n) is 4.08. The number of hydrogen-bond donors (Lipinski definition) is 1. The molecule has 0 radical (unpaired) electrons. The molecule has 0 saturated heterocycles. The van der Waals surface area contributed by atoms with Gasteiger partial charge < -0.3 is 10.1 Å². The molecule has 1 heterocycles. The SMILES string of the molecule is CNc1ccc(Oc2ccc3nccnc3c2)cc1. The van der Waals surface area contributed by atoms with Gasteiger partial charge in [-0.1, -0.05) is 0 Å². The minimum atomic E-state index is 0.755. The molecule has 0 fully saturated rings. The predicted octanol–water partition coefficient (Wildman–Crippen LogP) is 3.46. The summed E-state index contributed by atoms with van der Waals surface area (Å²) >= 11 is 0. The molecule has 3 aromatic rings. The first-order chi connectivity index (χ1) is 9.35. The molecule has 0 aliphatic carbocycles. The summed E-state index contributed by atoms with van der Waals surface area (Å²) in [7, 11) is 1.89. The Kier molecular flexibility index (Phi) is 2.98. The van der Waals surface area contributed by atoms with E-state index in [1.165, 1.54) is 0 Å². The Morgan fingerprint density at radius 3 is 2.26 bits per heavy atom. The zero-order chi connectivity index (χ0) is 13.1. The molecule has 0 aliphatic rings. The zero-order valence-electron chi connectivity index (χ0n) is 10.5. The summed E-state index contributed by atoms with van der Waals surface area (Å²) in [5, 5.41) is 3.07. The van der Waals surface area contributed by atoms with Crippen molar-refractivity contribution in [3.05, 3.63) is 54.9 Å². The monoisotopic (exact) mass is 251 g/mol. The molecule has 0 saturated carbocycles. The summed E-state index contributed by atoms with van der Waals surface area (Å²) in [6, 6.07) is 13.5. The van der Waals surface area contributed by atoms with Gasteiger partial charge in [0, 0.05) is 31.2 Å². The average molecular weight is 251 g/mol. The van der Waals surface area contributed by atoms with Gasteiger partial charge in [-0.15, -0.1) is 0 Å². The lowest BCUT2D eigenvalue weighted by Crippen LogP contribution is -1.89. The molecule has 1 aromatic heterocycles. The van der Waals surface area contributed by atoms with Crippen LogP contribution in [-0.2, 0) is 0 Å². The van der Waals surface area contributed by atoms with Gasteiger partial charge in [-0.2, -0.15) is 0 Å². The minimum absolute atomic E-state index is 0.755. The Morgan fingerprint density at radius 1 is 0.842 bits per heavy atom. The maximum atomic E-state index is 5.79. The third-order valence-corrected chi connectivity index (χ3v) is 2.82. The van der Waals surface area contributed by atoms with E-state index in [-0.39, 0.29) is 0 Å². The van der Waals surface area contributed by atoms with E-state index in [0.29, 0.717) is 0 Å². The summed E-state index contributed by atoms with van der Waals surface area (Å²) in [5.74, 6) is 1.55. The van der Waals surface area contributed by atoms with Crippen LogP contribution < -0.4 is 10.1 Å². The van der Waals surface area contributed by atoms with Crippen molar-refractivity contribution in [2.45, 2.75) is 0 Å². The van der Waals surface area contributed by atoms with E-state index in [9.17, 15) is 0 Å². The molecule has 2 aromatic carbocycles. The van der Waals surface area contributed by atoms with Crippen LogP contribution in [0.3, 0.4) is 0 Å². The first kappa shape index (κ1) is 11.5. The maximum absolute atomic E-state index is 5.79. The van der Waals surface area contributed by atoms with E-state index >= 15 is 0 Å². The molecule has 0 amide bonds. The summed E-state index contributed by atoms with van der Waals surface area (Å²) in [4.78, 5) is 8.48. The molecule has 1 N–H and O–H groups in total. The number of rotatable bonds is 3. The standard InChI is InChI=1S/C15H13N3O/c1-16-11-2-4-12(5-3-11)19-13-6-7-14-15(10-13)18-9-8-17-14/h2-10,16H,1H3. The fourth-order valence-corrected chi connectivity index (χ4v) is 1.83. The second-order valence-corrected chi connectivity index (χ2v) is 4.08. The topological polar surface area (TPSA) is 47.0 Å². The van der Waals surface area contributed by atoms with Crippen LogP contribution in [0.25, 0.3) is 11.0 Å². The Bertz CT molecular complexity index is 695. The molecular formula is C15H13N3O. The predicted molar refractivity (Wildman–Crippen MR) is 75.6 cm³/mol. The molecule has 94 valence electrons. The van der Waals surface area contributed by atoms with Crippen LogP contribution >= 0.6 is 0 Å². The van der Waals surface area contributed by atoms with Gasteiger partial charge in [0.25, 0.3) is 0 Å². The summed E-state index contributed by atoms with van der Waals surface area (Å²) in [6.45, 7) is 0. The van der Waals surface area contributed by atoms with Gasteiger partial charge in [0.1, 0.15) is 11.5 Å². The lowest BCUT2D eigenvalue weighted by atomic mass is 10.2. The molecule has 0 atom stereocenters. The van der Waals surface area contributed by atoms with Gasteiger partial charge in [0.15, 0.2) is 0 Å². The second kappa shape index (κ2) is 4.94.